The van der Waals surface area contributed by atoms with E-state index in [9.17, 15) is 0 Å². The average Bonchev–Trinajstić information content (AvgIpc) is 2.90. The minimum Gasteiger partial charge on any atom is -0.490 e. The molecule has 0 radical (unpaired) electrons. The predicted octanol–water partition coefficient (Wildman–Crippen LogP) is 2.74. The summed E-state index contributed by atoms with van der Waals surface area (Å²) in [6, 6.07) is 6.47. The summed E-state index contributed by atoms with van der Waals surface area (Å²) in [5.74, 6) is 1.76. The molecule has 5 heteroatoms. The largest absolute Gasteiger partial charge is 0.490 e. The molecule has 2 aromatic rings. The van der Waals surface area contributed by atoms with Gasteiger partial charge in [-0.3, -0.25) is 5.10 Å². The number of benzene rings is 1. The van der Waals surface area contributed by atoms with Gasteiger partial charge in [0.25, 0.3) is 0 Å². The van der Waals surface area contributed by atoms with Crippen LogP contribution in [-0.2, 0) is 13.0 Å². The number of H-pyrrole nitrogens is 1. The van der Waals surface area contributed by atoms with E-state index in [2.05, 4.69) is 21.6 Å². The molecule has 4 rings (SSSR count). The highest BCUT2D eigenvalue weighted by Gasteiger charge is 2.22. The van der Waals surface area contributed by atoms with Crippen molar-refractivity contribution in [1.29, 1.82) is 0 Å². The van der Waals surface area contributed by atoms with Gasteiger partial charge >= 0.3 is 0 Å². The fourth-order valence-corrected chi connectivity index (χ4v) is 3.29. The monoisotopic (exact) mass is 299 g/mol. The van der Waals surface area contributed by atoms with Crippen molar-refractivity contribution in [1.82, 2.24) is 15.5 Å². The summed E-state index contributed by atoms with van der Waals surface area (Å²) in [4.78, 5) is 0. The van der Waals surface area contributed by atoms with Crippen molar-refractivity contribution in [2.45, 2.75) is 38.3 Å². The number of aryl methyl sites for hydroxylation is 1. The van der Waals surface area contributed by atoms with Crippen molar-refractivity contribution in [2.75, 3.05) is 13.2 Å². The van der Waals surface area contributed by atoms with Crippen LogP contribution in [0.4, 0.5) is 0 Å². The lowest BCUT2D eigenvalue weighted by Gasteiger charge is -2.23. The summed E-state index contributed by atoms with van der Waals surface area (Å²) >= 11 is 0. The molecule has 2 heterocycles. The Morgan fingerprint density at radius 3 is 3.18 bits per heavy atom. The molecule has 0 unspecified atom stereocenters. The van der Waals surface area contributed by atoms with Crippen molar-refractivity contribution in [3.8, 4) is 11.5 Å². The van der Waals surface area contributed by atoms with E-state index in [1.165, 1.54) is 17.7 Å². The van der Waals surface area contributed by atoms with Gasteiger partial charge in [0.05, 0.1) is 25.1 Å². The Labute approximate surface area is 130 Å². The molecule has 0 bridgehead atoms. The van der Waals surface area contributed by atoms with Crippen molar-refractivity contribution >= 4 is 0 Å². The quantitative estimate of drug-likeness (QED) is 0.915. The Bertz CT molecular complexity index is 653. The molecular weight excluding hydrogens is 278 g/mol. The fraction of sp³-hybridized carbons (Fsp3) is 0.471. The van der Waals surface area contributed by atoms with Gasteiger partial charge in [-0.2, -0.15) is 5.10 Å². The summed E-state index contributed by atoms with van der Waals surface area (Å²) in [6.45, 7) is 2.22. The van der Waals surface area contributed by atoms with E-state index >= 15 is 0 Å². The van der Waals surface area contributed by atoms with Crippen LogP contribution in [0.2, 0.25) is 0 Å². The zero-order valence-corrected chi connectivity index (χ0v) is 12.6. The van der Waals surface area contributed by atoms with E-state index in [1.807, 2.05) is 18.3 Å². The first-order valence-electron chi connectivity index (χ1n) is 8.05. The van der Waals surface area contributed by atoms with E-state index in [1.54, 1.807) is 0 Å². The van der Waals surface area contributed by atoms with Gasteiger partial charge in [0.15, 0.2) is 11.5 Å². The summed E-state index contributed by atoms with van der Waals surface area (Å²) in [7, 11) is 0. The molecule has 1 aromatic carbocycles. The van der Waals surface area contributed by atoms with Crippen LogP contribution in [-0.4, -0.2) is 23.4 Å². The number of para-hydroxylation sites is 1. The van der Waals surface area contributed by atoms with Crippen LogP contribution in [0, 0.1) is 0 Å². The molecular formula is C17H21N3O2. The lowest BCUT2D eigenvalue weighted by Crippen LogP contribution is -2.25. The van der Waals surface area contributed by atoms with Crippen LogP contribution in [0.25, 0.3) is 0 Å². The second-order valence-electron chi connectivity index (χ2n) is 5.93. The molecule has 5 nitrogen and oxygen atoms in total. The Hall–Kier alpha value is -2.01. The topological polar surface area (TPSA) is 59.2 Å². The highest BCUT2D eigenvalue weighted by atomic mass is 16.5. The van der Waals surface area contributed by atoms with Gasteiger partial charge in [-0.05, 0) is 30.9 Å². The standard InChI is InChI=1S/C17H21N3O2/c1-4-12-11-19-20-16(12)14(6-1)18-10-13-5-2-7-15-17(13)22-9-3-8-21-15/h2,5,7,11,14,18H,1,3-4,6,8-10H2,(H,19,20)/t14-/m1/s1. The Morgan fingerprint density at radius 2 is 2.18 bits per heavy atom. The third kappa shape index (κ3) is 2.57. The number of aromatic amines is 1. The van der Waals surface area contributed by atoms with Gasteiger partial charge in [0.2, 0.25) is 0 Å². The van der Waals surface area contributed by atoms with E-state index in [-0.39, 0.29) is 0 Å². The summed E-state index contributed by atoms with van der Waals surface area (Å²) < 4.78 is 11.6. The zero-order valence-electron chi connectivity index (χ0n) is 12.6. The molecule has 2 N–H and O–H groups in total. The summed E-state index contributed by atoms with van der Waals surface area (Å²) in [6.07, 6.45) is 6.36. The van der Waals surface area contributed by atoms with Gasteiger partial charge in [-0.1, -0.05) is 12.1 Å². The number of nitrogens with one attached hydrogen (secondary N) is 2. The maximum absolute atomic E-state index is 5.89. The molecule has 1 aliphatic carbocycles. The molecule has 0 saturated heterocycles. The van der Waals surface area contributed by atoms with Crippen LogP contribution >= 0.6 is 0 Å². The average molecular weight is 299 g/mol. The molecule has 116 valence electrons. The summed E-state index contributed by atoms with van der Waals surface area (Å²) in [5.41, 5.74) is 3.74. The van der Waals surface area contributed by atoms with Crippen LogP contribution in [0.1, 0.15) is 42.1 Å². The van der Waals surface area contributed by atoms with Gasteiger partial charge in [-0.15, -0.1) is 0 Å². The van der Waals surface area contributed by atoms with Crippen LogP contribution in [0.3, 0.4) is 0 Å². The third-order valence-corrected chi connectivity index (χ3v) is 4.43. The Morgan fingerprint density at radius 1 is 1.23 bits per heavy atom. The van der Waals surface area contributed by atoms with Crippen molar-refractivity contribution in [3.63, 3.8) is 0 Å². The number of aromatic nitrogens is 2. The lowest BCUT2D eigenvalue weighted by atomic mass is 9.93. The molecule has 1 atom stereocenters. The highest BCUT2D eigenvalue weighted by Crippen LogP contribution is 2.34. The second kappa shape index (κ2) is 6.01. The second-order valence-corrected chi connectivity index (χ2v) is 5.93. The number of rotatable bonds is 3. The molecule has 1 aliphatic heterocycles. The molecule has 0 spiro atoms. The third-order valence-electron chi connectivity index (χ3n) is 4.43. The van der Waals surface area contributed by atoms with Crippen molar-refractivity contribution < 1.29 is 9.47 Å². The summed E-state index contributed by atoms with van der Waals surface area (Å²) in [5, 5.41) is 11.0. The Kier molecular flexibility index (Phi) is 3.72. The first-order valence-corrected chi connectivity index (χ1v) is 8.05. The maximum Gasteiger partial charge on any atom is 0.165 e. The van der Waals surface area contributed by atoms with Crippen LogP contribution < -0.4 is 14.8 Å². The zero-order chi connectivity index (χ0) is 14.8. The van der Waals surface area contributed by atoms with Crippen molar-refractivity contribution in [3.05, 3.63) is 41.2 Å². The van der Waals surface area contributed by atoms with Gasteiger partial charge < -0.3 is 14.8 Å². The molecule has 0 amide bonds. The fourth-order valence-electron chi connectivity index (χ4n) is 3.29. The SMILES string of the molecule is c1cc(CN[C@@H]2CCCc3cn[nH]c32)c2c(c1)OCCCO2. The lowest BCUT2D eigenvalue weighted by molar-refractivity contribution is 0.295. The number of hydrogen-bond donors (Lipinski definition) is 2. The molecule has 0 fully saturated rings. The van der Waals surface area contributed by atoms with Gasteiger partial charge in [0, 0.05) is 24.6 Å². The highest BCUT2D eigenvalue weighted by molar-refractivity contribution is 5.47. The first-order chi connectivity index (χ1) is 10.9. The van der Waals surface area contributed by atoms with Crippen molar-refractivity contribution in [2.24, 2.45) is 0 Å². The Balaban J connectivity index is 1.51. The van der Waals surface area contributed by atoms with E-state index in [0.29, 0.717) is 6.04 Å². The number of ether oxygens (including phenoxy) is 2. The minimum atomic E-state index is 0.341. The van der Waals surface area contributed by atoms with E-state index < -0.39 is 0 Å². The molecule has 2 aliphatic rings. The number of nitrogens with zero attached hydrogens (tertiary/aromatic N) is 1. The minimum absolute atomic E-state index is 0.341. The van der Waals surface area contributed by atoms with Gasteiger partial charge in [-0.25, -0.2) is 0 Å². The van der Waals surface area contributed by atoms with Gasteiger partial charge in [0.1, 0.15) is 0 Å². The number of fused-ring (bicyclic) bond motifs is 2. The van der Waals surface area contributed by atoms with E-state index in [4.69, 9.17) is 9.47 Å². The van der Waals surface area contributed by atoms with Crippen LogP contribution in [0.15, 0.2) is 24.4 Å². The molecule has 22 heavy (non-hydrogen) atoms. The normalized spacial score (nSPS) is 20.3. The molecule has 0 saturated carbocycles. The number of hydrogen-bond acceptors (Lipinski definition) is 4. The first kappa shape index (κ1) is 13.6. The smallest absolute Gasteiger partial charge is 0.165 e. The molecule has 1 aromatic heterocycles. The van der Waals surface area contributed by atoms with E-state index in [0.717, 1.165) is 56.1 Å². The predicted molar refractivity (Wildman–Crippen MR) is 83.2 cm³/mol. The van der Waals surface area contributed by atoms with Crippen LogP contribution in [0.5, 0.6) is 11.5 Å². The maximum atomic E-state index is 5.89.